The van der Waals surface area contributed by atoms with Crippen molar-refractivity contribution < 1.29 is 22.7 Å². The number of ether oxygens (including phenoxy) is 2. The van der Waals surface area contributed by atoms with Crippen molar-refractivity contribution in [3.8, 4) is 11.5 Å². The van der Waals surface area contributed by atoms with Gasteiger partial charge in [-0.15, -0.1) is 11.3 Å². The summed E-state index contributed by atoms with van der Waals surface area (Å²) in [5.41, 5.74) is 1.16. The van der Waals surface area contributed by atoms with E-state index in [4.69, 9.17) is 9.47 Å². The number of amides is 1. The van der Waals surface area contributed by atoms with Crippen molar-refractivity contribution in [3.05, 3.63) is 34.3 Å². The van der Waals surface area contributed by atoms with E-state index in [0.717, 1.165) is 10.6 Å². The summed E-state index contributed by atoms with van der Waals surface area (Å²) in [6, 6.07) is 5.05. The van der Waals surface area contributed by atoms with Crippen molar-refractivity contribution in [2.75, 3.05) is 31.8 Å². The molecule has 1 aliphatic rings. The number of hydrogen-bond donors (Lipinski definition) is 1. The Morgan fingerprint density at radius 3 is 2.78 bits per heavy atom. The molecule has 1 aromatic heterocycles. The molecule has 0 fully saturated rings. The molecule has 0 unspecified atom stereocenters. The third kappa shape index (κ3) is 3.92. The number of carbonyl (C=O) groups excluding carboxylic acids is 1. The second-order valence-corrected chi connectivity index (χ2v) is 9.21. The van der Waals surface area contributed by atoms with Crippen LogP contribution in [-0.4, -0.2) is 50.1 Å². The van der Waals surface area contributed by atoms with Crippen LogP contribution in [0.3, 0.4) is 0 Å². The highest BCUT2D eigenvalue weighted by Gasteiger charge is 2.28. The molecule has 2 aromatic rings. The third-order valence-electron chi connectivity index (χ3n) is 4.32. The number of nitrogens with zero attached hydrogens (tertiary/aromatic N) is 2. The van der Waals surface area contributed by atoms with Crippen LogP contribution in [0.4, 0.5) is 5.13 Å². The van der Waals surface area contributed by atoms with Gasteiger partial charge in [0.1, 0.15) is 0 Å². The predicted molar refractivity (Wildman–Crippen MR) is 103 cm³/mol. The predicted octanol–water partition coefficient (Wildman–Crippen LogP) is 2.12. The van der Waals surface area contributed by atoms with E-state index in [1.54, 1.807) is 25.1 Å². The van der Waals surface area contributed by atoms with Gasteiger partial charge in [-0.25, -0.2) is 13.4 Å². The average molecular weight is 412 g/mol. The van der Waals surface area contributed by atoms with E-state index in [1.165, 1.54) is 29.9 Å². The summed E-state index contributed by atoms with van der Waals surface area (Å²) in [6.07, 6.45) is 0.531. The highest BCUT2D eigenvalue weighted by molar-refractivity contribution is 7.89. The zero-order chi connectivity index (χ0) is 19.6. The molecule has 27 heavy (non-hydrogen) atoms. The lowest BCUT2D eigenvalue weighted by Crippen LogP contribution is -2.36. The normalized spacial score (nSPS) is 14.5. The Balaban J connectivity index is 1.80. The third-order valence-corrected chi connectivity index (χ3v) is 7.15. The van der Waals surface area contributed by atoms with Gasteiger partial charge in [0.25, 0.3) is 5.91 Å². The lowest BCUT2D eigenvalue weighted by molar-refractivity contribution is 0.102. The van der Waals surface area contributed by atoms with Crippen LogP contribution >= 0.6 is 11.3 Å². The molecule has 1 aliphatic heterocycles. The second kappa shape index (κ2) is 7.83. The number of aromatic nitrogens is 1. The van der Waals surface area contributed by atoms with Crippen LogP contribution in [0.1, 0.15) is 27.9 Å². The molecule has 0 saturated carbocycles. The van der Waals surface area contributed by atoms with Crippen LogP contribution in [0, 0.1) is 0 Å². The molecular weight excluding hydrogens is 390 g/mol. The number of methoxy groups -OCH3 is 2. The first-order valence-electron chi connectivity index (χ1n) is 8.38. The van der Waals surface area contributed by atoms with Gasteiger partial charge >= 0.3 is 0 Å². The Kier molecular flexibility index (Phi) is 5.68. The molecule has 1 amide bonds. The zero-order valence-electron chi connectivity index (χ0n) is 15.3. The fourth-order valence-corrected chi connectivity index (χ4v) is 5.04. The van der Waals surface area contributed by atoms with E-state index in [-0.39, 0.29) is 11.7 Å². The second-order valence-electron chi connectivity index (χ2n) is 5.87. The molecule has 0 spiro atoms. The summed E-state index contributed by atoms with van der Waals surface area (Å²) in [7, 11) is -0.267. The highest BCUT2D eigenvalue weighted by atomic mass is 32.2. The number of anilines is 1. The minimum absolute atomic E-state index is 0.0698. The van der Waals surface area contributed by atoms with Crippen LogP contribution in [-0.2, 0) is 23.0 Å². The first-order chi connectivity index (χ1) is 12.9. The molecule has 2 heterocycles. The first kappa shape index (κ1) is 19.6. The van der Waals surface area contributed by atoms with Crippen LogP contribution in [0.25, 0.3) is 0 Å². The standard InChI is InChI=1S/C17H21N3O5S2/c1-4-27(22,23)20-9-8-12-14(10-20)26-17(18-12)19-16(21)11-6-5-7-13(24-2)15(11)25-3/h5-7H,4,8-10H2,1-3H3,(H,18,19,21). The number of hydrogen-bond acceptors (Lipinski definition) is 7. The maximum absolute atomic E-state index is 12.7. The maximum atomic E-state index is 12.7. The first-order valence-corrected chi connectivity index (χ1v) is 10.8. The number of benzene rings is 1. The van der Waals surface area contributed by atoms with Crippen LogP contribution in [0.2, 0.25) is 0 Å². The van der Waals surface area contributed by atoms with Crippen molar-refractivity contribution >= 4 is 32.4 Å². The molecule has 3 rings (SSSR count). The largest absolute Gasteiger partial charge is 0.493 e. The quantitative estimate of drug-likeness (QED) is 0.782. The molecule has 146 valence electrons. The van der Waals surface area contributed by atoms with Gasteiger partial charge in [-0.1, -0.05) is 6.07 Å². The molecule has 1 N–H and O–H groups in total. The molecule has 0 aliphatic carbocycles. The van der Waals surface area contributed by atoms with E-state index in [1.807, 2.05) is 0 Å². The molecule has 0 bridgehead atoms. The van der Waals surface area contributed by atoms with Gasteiger partial charge in [0.15, 0.2) is 16.6 Å². The Hall–Kier alpha value is -2.17. The number of para-hydroxylation sites is 1. The van der Waals surface area contributed by atoms with Crippen LogP contribution in [0.15, 0.2) is 18.2 Å². The Morgan fingerprint density at radius 1 is 1.33 bits per heavy atom. The molecule has 0 saturated heterocycles. The van der Waals surface area contributed by atoms with Crippen molar-refractivity contribution in [2.24, 2.45) is 0 Å². The molecule has 0 atom stereocenters. The van der Waals surface area contributed by atoms with E-state index < -0.39 is 10.0 Å². The fourth-order valence-electron chi connectivity index (χ4n) is 2.88. The summed E-state index contributed by atoms with van der Waals surface area (Å²) in [5, 5.41) is 3.21. The number of fused-ring (bicyclic) bond motifs is 1. The minimum atomic E-state index is -3.24. The van der Waals surface area contributed by atoms with Gasteiger partial charge < -0.3 is 9.47 Å². The summed E-state index contributed by atoms with van der Waals surface area (Å²) < 4.78 is 36.1. The van der Waals surface area contributed by atoms with E-state index >= 15 is 0 Å². The lowest BCUT2D eigenvalue weighted by Gasteiger charge is -2.24. The van der Waals surface area contributed by atoms with Gasteiger partial charge in [-0.05, 0) is 19.1 Å². The van der Waals surface area contributed by atoms with E-state index in [9.17, 15) is 13.2 Å². The molecule has 10 heteroatoms. The summed E-state index contributed by atoms with van der Waals surface area (Å²) in [5.74, 6) is 0.512. The number of carbonyl (C=O) groups is 1. The topological polar surface area (TPSA) is 97.8 Å². The Labute approximate surface area is 162 Å². The van der Waals surface area contributed by atoms with Crippen LogP contribution in [0.5, 0.6) is 11.5 Å². The number of rotatable bonds is 6. The molecule has 8 nitrogen and oxygen atoms in total. The summed E-state index contributed by atoms with van der Waals surface area (Å²) in [4.78, 5) is 18.0. The smallest absolute Gasteiger partial charge is 0.261 e. The monoisotopic (exact) mass is 411 g/mol. The van der Waals surface area contributed by atoms with Crippen molar-refractivity contribution in [1.29, 1.82) is 0 Å². The van der Waals surface area contributed by atoms with E-state index in [2.05, 4.69) is 10.3 Å². The summed E-state index contributed by atoms with van der Waals surface area (Å²) >= 11 is 1.29. The molecule has 0 radical (unpaired) electrons. The van der Waals surface area contributed by atoms with Gasteiger partial charge in [0.05, 0.1) is 31.2 Å². The maximum Gasteiger partial charge on any atom is 0.261 e. The Morgan fingerprint density at radius 2 is 2.11 bits per heavy atom. The minimum Gasteiger partial charge on any atom is -0.493 e. The zero-order valence-corrected chi connectivity index (χ0v) is 16.9. The molecule has 1 aromatic carbocycles. The van der Waals surface area contributed by atoms with Crippen molar-refractivity contribution in [2.45, 2.75) is 19.9 Å². The highest BCUT2D eigenvalue weighted by Crippen LogP contribution is 2.33. The molecular formula is C17H21N3O5S2. The van der Waals surface area contributed by atoms with Gasteiger partial charge in [-0.3, -0.25) is 10.1 Å². The van der Waals surface area contributed by atoms with Gasteiger partial charge in [-0.2, -0.15) is 4.31 Å². The van der Waals surface area contributed by atoms with Crippen LogP contribution < -0.4 is 14.8 Å². The number of nitrogens with one attached hydrogen (secondary N) is 1. The number of thiazole rings is 1. The van der Waals surface area contributed by atoms with Gasteiger partial charge in [0, 0.05) is 24.4 Å². The fraction of sp³-hybridized carbons (Fsp3) is 0.412. The van der Waals surface area contributed by atoms with Gasteiger partial charge in [0.2, 0.25) is 10.0 Å². The van der Waals surface area contributed by atoms with Crippen molar-refractivity contribution in [3.63, 3.8) is 0 Å². The lowest BCUT2D eigenvalue weighted by atomic mass is 10.1. The summed E-state index contributed by atoms with van der Waals surface area (Å²) in [6.45, 7) is 2.33. The SMILES string of the molecule is CCS(=O)(=O)N1CCc2nc(NC(=O)c3cccc(OC)c3OC)sc2C1. The average Bonchev–Trinajstić information content (AvgIpc) is 3.08. The van der Waals surface area contributed by atoms with Crippen molar-refractivity contribution in [1.82, 2.24) is 9.29 Å². The Bertz CT molecular complexity index is 955. The van der Waals surface area contributed by atoms with E-state index in [0.29, 0.717) is 41.7 Å². The number of sulfonamides is 1.